The number of carbonyl (C=O) groups is 1. The molecule has 100 valence electrons. The molecule has 0 spiro atoms. The van der Waals surface area contributed by atoms with Crippen molar-refractivity contribution in [2.45, 2.75) is 31.6 Å². The number of rotatable bonds is 6. The van der Waals surface area contributed by atoms with Crippen LogP contribution in [0.3, 0.4) is 0 Å². The third-order valence-electron chi connectivity index (χ3n) is 2.53. The van der Waals surface area contributed by atoms with E-state index in [1.807, 2.05) is 38.2 Å². The number of alkyl halides is 1. The lowest BCUT2D eigenvalue weighted by Gasteiger charge is -2.18. The molecule has 18 heavy (non-hydrogen) atoms. The SMILES string of the molecule is CCCOc1ccc(CN(C)C(=O)C(C)Br)cc1. The summed E-state index contributed by atoms with van der Waals surface area (Å²) in [5.41, 5.74) is 1.10. The van der Waals surface area contributed by atoms with Crippen molar-refractivity contribution in [2.24, 2.45) is 0 Å². The Morgan fingerprint density at radius 1 is 1.39 bits per heavy atom. The summed E-state index contributed by atoms with van der Waals surface area (Å²) in [6.07, 6.45) is 1.00. The number of hydrogen-bond donors (Lipinski definition) is 0. The highest BCUT2D eigenvalue weighted by Gasteiger charge is 2.14. The quantitative estimate of drug-likeness (QED) is 0.755. The van der Waals surface area contributed by atoms with Gasteiger partial charge < -0.3 is 9.64 Å². The molecule has 1 rings (SSSR count). The Kier molecular flexibility index (Phi) is 6.19. The Balaban J connectivity index is 2.55. The second-order valence-corrected chi connectivity index (χ2v) is 5.68. The van der Waals surface area contributed by atoms with Crippen LogP contribution in [-0.4, -0.2) is 29.3 Å². The van der Waals surface area contributed by atoms with E-state index in [-0.39, 0.29) is 10.7 Å². The first kappa shape index (κ1) is 15.0. The predicted molar refractivity (Wildman–Crippen MR) is 77.1 cm³/mol. The number of benzene rings is 1. The lowest BCUT2D eigenvalue weighted by Crippen LogP contribution is -2.31. The van der Waals surface area contributed by atoms with Gasteiger partial charge in [0.25, 0.3) is 0 Å². The molecular weight excluding hydrogens is 294 g/mol. The normalized spacial score (nSPS) is 12.0. The third kappa shape index (κ3) is 4.69. The van der Waals surface area contributed by atoms with Crippen LogP contribution in [-0.2, 0) is 11.3 Å². The van der Waals surface area contributed by atoms with E-state index in [9.17, 15) is 4.79 Å². The van der Waals surface area contributed by atoms with Crippen LogP contribution in [0.25, 0.3) is 0 Å². The van der Waals surface area contributed by atoms with Crippen molar-refractivity contribution in [3.63, 3.8) is 0 Å². The zero-order valence-electron chi connectivity index (χ0n) is 11.1. The fraction of sp³-hybridized carbons (Fsp3) is 0.500. The molecule has 1 unspecified atom stereocenters. The smallest absolute Gasteiger partial charge is 0.236 e. The van der Waals surface area contributed by atoms with Crippen molar-refractivity contribution in [1.82, 2.24) is 4.90 Å². The van der Waals surface area contributed by atoms with Crippen LogP contribution in [0.5, 0.6) is 5.75 Å². The van der Waals surface area contributed by atoms with Gasteiger partial charge in [0.05, 0.1) is 11.4 Å². The molecule has 3 nitrogen and oxygen atoms in total. The fourth-order valence-corrected chi connectivity index (χ4v) is 1.92. The highest BCUT2D eigenvalue weighted by Crippen LogP contribution is 2.14. The van der Waals surface area contributed by atoms with Crippen LogP contribution in [0, 0.1) is 0 Å². The van der Waals surface area contributed by atoms with Crippen LogP contribution < -0.4 is 4.74 Å². The maximum absolute atomic E-state index is 11.7. The highest BCUT2D eigenvalue weighted by molar-refractivity contribution is 9.10. The maximum Gasteiger partial charge on any atom is 0.236 e. The van der Waals surface area contributed by atoms with E-state index in [1.165, 1.54) is 0 Å². The summed E-state index contributed by atoms with van der Waals surface area (Å²) in [6, 6.07) is 7.88. The topological polar surface area (TPSA) is 29.5 Å². The lowest BCUT2D eigenvalue weighted by atomic mass is 10.2. The van der Waals surface area contributed by atoms with E-state index in [1.54, 1.807) is 4.90 Å². The van der Waals surface area contributed by atoms with Gasteiger partial charge in [-0.15, -0.1) is 0 Å². The van der Waals surface area contributed by atoms with Gasteiger partial charge in [-0.1, -0.05) is 35.0 Å². The van der Waals surface area contributed by atoms with Crippen molar-refractivity contribution in [1.29, 1.82) is 0 Å². The van der Waals surface area contributed by atoms with Gasteiger partial charge in [-0.3, -0.25) is 4.79 Å². The number of hydrogen-bond acceptors (Lipinski definition) is 2. The first-order valence-corrected chi connectivity index (χ1v) is 7.07. The number of amides is 1. The van der Waals surface area contributed by atoms with E-state index < -0.39 is 0 Å². The van der Waals surface area contributed by atoms with Gasteiger partial charge in [0.15, 0.2) is 0 Å². The number of nitrogens with zero attached hydrogens (tertiary/aromatic N) is 1. The Labute approximate surface area is 117 Å². The first-order valence-electron chi connectivity index (χ1n) is 6.15. The van der Waals surface area contributed by atoms with E-state index in [0.29, 0.717) is 6.54 Å². The molecule has 0 aliphatic rings. The molecule has 0 radical (unpaired) electrons. The molecule has 4 heteroatoms. The van der Waals surface area contributed by atoms with E-state index in [4.69, 9.17) is 4.74 Å². The Hall–Kier alpha value is -1.03. The molecule has 1 aromatic rings. The average molecular weight is 314 g/mol. The van der Waals surface area contributed by atoms with Gasteiger partial charge in [-0.2, -0.15) is 0 Å². The predicted octanol–water partition coefficient (Wildman–Crippen LogP) is 3.22. The minimum atomic E-state index is -0.144. The summed E-state index contributed by atoms with van der Waals surface area (Å²) in [4.78, 5) is 13.3. The maximum atomic E-state index is 11.7. The fourth-order valence-electron chi connectivity index (χ4n) is 1.57. The number of ether oxygens (including phenoxy) is 1. The largest absolute Gasteiger partial charge is 0.494 e. The van der Waals surface area contributed by atoms with Crippen molar-refractivity contribution in [3.8, 4) is 5.75 Å². The number of halogens is 1. The molecule has 1 atom stereocenters. The standard InChI is InChI=1S/C14H20BrNO2/c1-4-9-18-13-7-5-12(6-8-13)10-16(3)14(17)11(2)15/h5-8,11H,4,9-10H2,1-3H3. The molecule has 0 saturated heterocycles. The van der Waals surface area contributed by atoms with E-state index in [0.717, 1.165) is 24.3 Å². The van der Waals surface area contributed by atoms with Crippen molar-refractivity contribution < 1.29 is 9.53 Å². The molecule has 0 aliphatic carbocycles. The van der Waals surface area contributed by atoms with Crippen molar-refractivity contribution >= 4 is 21.8 Å². The second-order valence-electron chi connectivity index (χ2n) is 4.30. The summed E-state index contributed by atoms with van der Waals surface area (Å²) >= 11 is 3.28. The van der Waals surface area contributed by atoms with Crippen molar-refractivity contribution in [2.75, 3.05) is 13.7 Å². The summed E-state index contributed by atoms with van der Waals surface area (Å²) in [7, 11) is 1.81. The zero-order chi connectivity index (χ0) is 13.5. The van der Waals surface area contributed by atoms with Gasteiger partial charge >= 0.3 is 0 Å². The van der Waals surface area contributed by atoms with Gasteiger partial charge in [-0.25, -0.2) is 0 Å². The molecule has 0 bridgehead atoms. The second kappa shape index (κ2) is 7.41. The van der Waals surface area contributed by atoms with Gasteiger partial charge in [0.2, 0.25) is 5.91 Å². The molecule has 0 aliphatic heterocycles. The molecule has 0 saturated carbocycles. The van der Waals surface area contributed by atoms with Gasteiger partial charge in [0.1, 0.15) is 5.75 Å². The van der Waals surface area contributed by atoms with Gasteiger partial charge in [0, 0.05) is 13.6 Å². The molecule has 0 fully saturated rings. The molecule has 0 heterocycles. The Bertz CT molecular complexity index is 376. The molecule has 0 aromatic heterocycles. The van der Waals surface area contributed by atoms with Crippen LogP contribution in [0.1, 0.15) is 25.8 Å². The Morgan fingerprint density at radius 3 is 2.50 bits per heavy atom. The highest BCUT2D eigenvalue weighted by atomic mass is 79.9. The zero-order valence-corrected chi connectivity index (χ0v) is 12.7. The molecular formula is C14H20BrNO2. The Morgan fingerprint density at radius 2 is 2.00 bits per heavy atom. The van der Waals surface area contributed by atoms with Gasteiger partial charge in [-0.05, 0) is 31.0 Å². The monoisotopic (exact) mass is 313 g/mol. The third-order valence-corrected chi connectivity index (χ3v) is 2.92. The minimum absolute atomic E-state index is 0.0845. The lowest BCUT2D eigenvalue weighted by molar-refractivity contribution is -0.129. The summed E-state index contributed by atoms with van der Waals surface area (Å²) in [5, 5.41) is 0. The molecule has 0 N–H and O–H groups in total. The van der Waals surface area contributed by atoms with Crippen LogP contribution in [0.15, 0.2) is 24.3 Å². The minimum Gasteiger partial charge on any atom is -0.494 e. The van der Waals surface area contributed by atoms with Crippen molar-refractivity contribution in [3.05, 3.63) is 29.8 Å². The van der Waals surface area contributed by atoms with Crippen LogP contribution in [0.4, 0.5) is 0 Å². The van der Waals surface area contributed by atoms with Crippen LogP contribution >= 0.6 is 15.9 Å². The first-order chi connectivity index (χ1) is 8.54. The van der Waals surface area contributed by atoms with Crippen LogP contribution in [0.2, 0.25) is 0 Å². The molecule has 1 aromatic carbocycles. The number of carbonyl (C=O) groups excluding carboxylic acids is 1. The average Bonchev–Trinajstić information content (AvgIpc) is 2.36. The van der Waals surface area contributed by atoms with E-state index in [2.05, 4.69) is 22.9 Å². The summed E-state index contributed by atoms with van der Waals surface area (Å²) in [5.74, 6) is 0.963. The summed E-state index contributed by atoms with van der Waals surface area (Å²) < 4.78 is 5.51. The molecule has 1 amide bonds. The van der Waals surface area contributed by atoms with E-state index >= 15 is 0 Å². The summed E-state index contributed by atoms with van der Waals surface area (Å²) in [6.45, 7) is 5.26.